The summed E-state index contributed by atoms with van der Waals surface area (Å²) in [6, 6.07) is 13.1. The summed E-state index contributed by atoms with van der Waals surface area (Å²) in [5.74, 6) is -2.85. The molecule has 0 atom stereocenters. The molecule has 0 aliphatic carbocycles. The van der Waals surface area contributed by atoms with E-state index in [-0.39, 0.29) is 40.4 Å². The van der Waals surface area contributed by atoms with Gasteiger partial charge in [-0.25, -0.2) is 13.6 Å². The zero-order valence-corrected chi connectivity index (χ0v) is 18.7. The van der Waals surface area contributed by atoms with E-state index in [1.54, 1.807) is 23.6 Å². The lowest BCUT2D eigenvalue weighted by Gasteiger charge is -2.18. The Labute approximate surface area is 202 Å². The summed E-state index contributed by atoms with van der Waals surface area (Å²) < 4.78 is 75.3. The highest BCUT2D eigenvalue weighted by atomic mass is 19.4. The molecular weight excluding hydrogens is 483 g/mol. The number of halogens is 5. The predicted octanol–water partition coefficient (Wildman–Crippen LogP) is 6.61. The summed E-state index contributed by atoms with van der Waals surface area (Å²) in [4.78, 5) is 11.5. The Balaban J connectivity index is 1.85. The van der Waals surface area contributed by atoms with Gasteiger partial charge >= 0.3 is 12.1 Å². The number of aromatic carboxylic acids is 1. The zero-order valence-electron chi connectivity index (χ0n) is 18.7. The fraction of sp³-hybridized carbons (Fsp3) is 0.115. The number of hydrogen-bond acceptors (Lipinski definition) is 3. The lowest BCUT2D eigenvalue weighted by atomic mass is 10.1. The maximum absolute atomic E-state index is 14.1. The summed E-state index contributed by atoms with van der Waals surface area (Å²) in [5.41, 5.74) is 6.18. The monoisotopic (exact) mass is 502 g/mol. The molecule has 1 aromatic heterocycles. The van der Waals surface area contributed by atoms with Crippen LogP contribution in [0.25, 0.3) is 16.9 Å². The normalized spacial score (nSPS) is 11.5. The molecule has 186 valence electrons. The van der Waals surface area contributed by atoms with Gasteiger partial charge in [-0.1, -0.05) is 0 Å². The summed E-state index contributed by atoms with van der Waals surface area (Å²) in [6.07, 6.45) is -4.66. The minimum atomic E-state index is -4.66. The molecule has 4 aromatic rings. The second-order valence-corrected chi connectivity index (χ2v) is 8.05. The molecule has 3 aromatic carbocycles. The molecule has 0 aliphatic rings. The maximum atomic E-state index is 14.1. The van der Waals surface area contributed by atoms with Crippen LogP contribution in [0.3, 0.4) is 0 Å². The number of aromatic nitrogens is 1. The third-order valence-corrected chi connectivity index (χ3v) is 5.50. The first-order valence-electron chi connectivity index (χ1n) is 10.5. The molecule has 0 unspecified atom stereocenters. The average molecular weight is 502 g/mol. The van der Waals surface area contributed by atoms with E-state index in [0.29, 0.717) is 17.4 Å². The van der Waals surface area contributed by atoms with Gasteiger partial charge in [0.15, 0.2) is 0 Å². The Morgan fingerprint density at radius 1 is 1.00 bits per heavy atom. The van der Waals surface area contributed by atoms with Crippen LogP contribution in [0.4, 0.5) is 27.6 Å². The molecule has 0 fully saturated rings. The van der Waals surface area contributed by atoms with Crippen molar-refractivity contribution < 1.29 is 36.6 Å². The fourth-order valence-corrected chi connectivity index (χ4v) is 3.81. The van der Waals surface area contributed by atoms with Crippen LogP contribution in [0.2, 0.25) is 0 Å². The highest BCUT2D eigenvalue weighted by molar-refractivity contribution is 5.90. The standard InChI is InChI=1S/C26H19F5N2O3/c1-14-2-6-23(33(14)20-9-16(25(34)35)8-19(32)12-20)21-10-17(26(29,30)31)4-7-24(21)36-13-15-3-5-18(27)11-22(15)28/h2-12H,13,32H2,1H3,(H,34,35). The quantitative estimate of drug-likeness (QED) is 0.230. The number of benzene rings is 3. The molecule has 0 saturated heterocycles. The molecule has 3 N–H and O–H groups in total. The van der Waals surface area contributed by atoms with Gasteiger partial charge in [0, 0.05) is 34.3 Å². The lowest BCUT2D eigenvalue weighted by molar-refractivity contribution is -0.137. The van der Waals surface area contributed by atoms with Crippen molar-refractivity contribution in [1.82, 2.24) is 4.57 Å². The number of carboxylic acids is 1. The van der Waals surface area contributed by atoms with E-state index >= 15 is 0 Å². The average Bonchev–Trinajstić information content (AvgIpc) is 3.18. The molecule has 0 bridgehead atoms. The molecule has 0 radical (unpaired) electrons. The van der Waals surface area contributed by atoms with Crippen molar-refractivity contribution in [3.05, 3.63) is 101 Å². The largest absolute Gasteiger partial charge is 0.488 e. The van der Waals surface area contributed by atoms with Crippen molar-refractivity contribution in [1.29, 1.82) is 0 Å². The van der Waals surface area contributed by atoms with E-state index < -0.39 is 29.3 Å². The van der Waals surface area contributed by atoms with E-state index in [4.69, 9.17) is 10.5 Å². The fourth-order valence-electron chi connectivity index (χ4n) is 3.81. The molecule has 4 rings (SSSR count). The van der Waals surface area contributed by atoms with Crippen LogP contribution in [0.1, 0.15) is 27.2 Å². The Morgan fingerprint density at radius 3 is 2.42 bits per heavy atom. The van der Waals surface area contributed by atoms with Crippen molar-refractivity contribution in [3.63, 3.8) is 0 Å². The van der Waals surface area contributed by atoms with Gasteiger partial charge < -0.3 is 20.1 Å². The van der Waals surface area contributed by atoms with Gasteiger partial charge in [-0.15, -0.1) is 0 Å². The van der Waals surface area contributed by atoms with Crippen molar-refractivity contribution in [3.8, 4) is 22.7 Å². The number of hydrogen-bond donors (Lipinski definition) is 2. The number of nitrogen functional groups attached to an aromatic ring is 1. The molecule has 0 spiro atoms. The van der Waals surface area contributed by atoms with Crippen LogP contribution in [0.15, 0.2) is 66.7 Å². The summed E-state index contributed by atoms with van der Waals surface area (Å²) in [5, 5.41) is 9.41. The second kappa shape index (κ2) is 9.37. The predicted molar refractivity (Wildman–Crippen MR) is 123 cm³/mol. The summed E-state index contributed by atoms with van der Waals surface area (Å²) in [7, 11) is 0. The highest BCUT2D eigenvalue weighted by Crippen LogP contribution is 2.39. The number of alkyl halides is 3. The summed E-state index contributed by atoms with van der Waals surface area (Å²) >= 11 is 0. The van der Waals surface area contributed by atoms with Gasteiger partial charge in [0.25, 0.3) is 0 Å². The molecule has 5 nitrogen and oxygen atoms in total. The van der Waals surface area contributed by atoms with E-state index in [9.17, 15) is 31.9 Å². The van der Waals surface area contributed by atoms with Crippen molar-refractivity contribution >= 4 is 11.7 Å². The van der Waals surface area contributed by atoms with Gasteiger partial charge in [-0.3, -0.25) is 0 Å². The van der Waals surface area contributed by atoms with Crippen LogP contribution in [0, 0.1) is 18.6 Å². The van der Waals surface area contributed by atoms with Gasteiger partial charge in [0.2, 0.25) is 0 Å². The second-order valence-electron chi connectivity index (χ2n) is 8.05. The van der Waals surface area contributed by atoms with E-state index in [0.717, 1.165) is 24.3 Å². The van der Waals surface area contributed by atoms with Crippen LogP contribution < -0.4 is 10.5 Å². The Bertz CT molecular complexity index is 1460. The number of nitrogens with zero attached hydrogens (tertiary/aromatic N) is 1. The molecule has 10 heteroatoms. The van der Waals surface area contributed by atoms with E-state index in [2.05, 4.69) is 0 Å². The van der Waals surface area contributed by atoms with Crippen LogP contribution in [0.5, 0.6) is 5.75 Å². The van der Waals surface area contributed by atoms with E-state index in [1.165, 1.54) is 24.3 Å². The molecule has 1 heterocycles. The Hall–Kier alpha value is -4.34. The number of aryl methyl sites for hydroxylation is 1. The summed E-state index contributed by atoms with van der Waals surface area (Å²) in [6.45, 7) is 1.32. The molecular formula is C26H19F5N2O3. The highest BCUT2D eigenvalue weighted by Gasteiger charge is 2.32. The van der Waals surface area contributed by atoms with Gasteiger partial charge in [0.1, 0.15) is 24.0 Å². The number of ether oxygens (including phenoxy) is 1. The van der Waals surface area contributed by atoms with Crippen LogP contribution in [-0.4, -0.2) is 15.6 Å². The first-order valence-corrected chi connectivity index (χ1v) is 10.5. The van der Waals surface area contributed by atoms with Gasteiger partial charge in [-0.2, -0.15) is 13.2 Å². The first-order chi connectivity index (χ1) is 16.9. The SMILES string of the molecule is Cc1ccc(-c2cc(C(F)(F)F)ccc2OCc2ccc(F)cc2F)n1-c1cc(N)cc(C(=O)O)c1. The first kappa shape index (κ1) is 24.8. The number of rotatable bonds is 6. The maximum Gasteiger partial charge on any atom is 0.416 e. The van der Waals surface area contributed by atoms with Gasteiger partial charge in [-0.05, 0) is 67.6 Å². The van der Waals surface area contributed by atoms with Crippen molar-refractivity contribution in [2.75, 3.05) is 5.73 Å². The zero-order chi connectivity index (χ0) is 26.2. The number of nitrogens with two attached hydrogens (primary N) is 1. The molecule has 0 amide bonds. The third kappa shape index (κ3) is 5.02. The van der Waals surface area contributed by atoms with Crippen molar-refractivity contribution in [2.24, 2.45) is 0 Å². The third-order valence-electron chi connectivity index (χ3n) is 5.50. The van der Waals surface area contributed by atoms with Gasteiger partial charge in [0.05, 0.1) is 16.8 Å². The van der Waals surface area contributed by atoms with E-state index in [1.807, 2.05) is 0 Å². The molecule has 0 saturated carbocycles. The molecule has 36 heavy (non-hydrogen) atoms. The Kier molecular flexibility index (Phi) is 6.45. The topological polar surface area (TPSA) is 77.5 Å². The smallest absolute Gasteiger partial charge is 0.416 e. The van der Waals surface area contributed by atoms with Crippen LogP contribution >= 0.6 is 0 Å². The Morgan fingerprint density at radius 2 is 1.75 bits per heavy atom. The minimum Gasteiger partial charge on any atom is -0.488 e. The lowest BCUT2D eigenvalue weighted by Crippen LogP contribution is -2.08. The molecule has 0 aliphatic heterocycles. The number of carbonyl (C=O) groups is 1. The van der Waals surface area contributed by atoms with Crippen molar-refractivity contribution in [2.45, 2.75) is 19.7 Å². The minimum absolute atomic E-state index is 0.00781. The number of anilines is 1. The number of carboxylic acid groups (broad SMARTS) is 1. The van der Waals surface area contributed by atoms with Crippen LogP contribution in [-0.2, 0) is 12.8 Å².